The standard InChI is InChI=1S/C26H33FN6O4/c1-15-12-20(34)30-19(29-15)13-28-25(36)23(26(2,3)4)31-24(35)21-17-6-5-7-18(27)22(17)33(32-21)14-16-8-10-37-11-9-16/h5-7,12,16,23H,8-11,13-14H2,1-4H3,(H,28,36)(H,31,35)(H,29,30,34). The van der Waals surface area contributed by atoms with Crippen molar-refractivity contribution in [3.63, 3.8) is 0 Å². The van der Waals surface area contributed by atoms with Gasteiger partial charge in [-0.3, -0.25) is 19.1 Å². The van der Waals surface area contributed by atoms with Gasteiger partial charge in [-0.15, -0.1) is 0 Å². The summed E-state index contributed by atoms with van der Waals surface area (Å²) >= 11 is 0. The van der Waals surface area contributed by atoms with Crippen LogP contribution in [-0.4, -0.2) is 50.8 Å². The van der Waals surface area contributed by atoms with Crippen molar-refractivity contribution >= 4 is 22.7 Å². The molecule has 37 heavy (non-hydrogen) atoms. The van der Waals surface area contributed by atoms with Gasteiger partial charge >= 0.3 is 0 Å². The fourth-order valence-corrected chi connectivity index (χ4v) is 4.54. The van der Waals surface area contributed by atoms with Crippen molar-refractivity contribution in [1.82, 2.24) is 30.4 Å². The number of rotatable bonds is 7. The average Bonchev–Trinajstić information content (AvgIpc) is 3.20. The van der Waals surface area contributed by atoms with E-state index in [1.807, 2.05) is 20.8 Å². The van der Waals surface area contributed by atoms with Crippen molar-refractivity contribution < 1.29 is 18.7 Å². The van der Waals surface area contributed by atoms with E-state index in [0.717, 1.165) is 12.8 Å². The fraction of sp³-hybridized carbons (Fsp3) is 0.500. The van der Waals surface area contributed by atoms with Gasteiger partial charge in [-0.2, -0.15) is 5.10 Å². The molecule has 3 heterocycles. The zero-order valence-corrected chi connectivity index (χ0v) is 21.6. The normalized spacial score (nSPS) is 15.5. The summed E-state index contributed by atoms with van der Waals surface area (Å²) in [6.45, 7) is 8.92. The lowest BCUT2D eigenvalue weighted by atomic mass is 9.86. The third-order valence-electron chi connectivity index (χ3n) is 6.46. The molecule has 0 saturated carbocycles. The van der Waals surface area contributed by atoms with Gasteiger partial charge in [-0.25, -0.2) is 9.37 Å². The van der Waals surface area contributed by atoms with Crippen LogP contribution >= 0.6 is 0 Å². The van der Waals surface area contributed by atoms with Gasteiger partial charge in [0.1, 0.15) is 23.2 Å². The van der Waals surface area contributed by atoms with Crippen LogP contribution in [0.25, 0.3) is 10.9 Å². The molecule has 0 spiro atoms. The van der Waals surface area contributed by atoms with Crippen molar-refractivity contribution in [2.24, 2.45) is 11.3 Å². The molecule has 1 fully saturated rings. The Hall–Kier alpha value is -3.60. The summed E-state index contributed by atoms with van der Waals surface area (Å²) in [7, 11) is 0. The van der Waals surface area contributed by atoms with Crippen LogP contribution < -0.4 is 16.2 Å². The third kappa shape index (κ3) is 6.22. The van der Waals surface area contributed by atoms with Crippen LogP contribution in [0.3, 0.4) is 0 Å². The van der Waals surface area contributed by atoms with Gasteiger partial charge in [-0.1, -0.05) is 32.9 Å². The van der Waals surface area contributed by atoms with E-state index in [4.69, 9.17) is 4.74 Å². The van der Waals surface area contributed by atoms with E-state index in [1.165, 1.54) is 12.1 Å². The number of nitrogens with zero attached hydrogens (tertiary/aromatic N) is 3. The molecule has 2 aromatic heterocycles. The van der Waals surface area contributed by atoms with Gasteiger partial charge in [0.15, 0.2) is 5.69 Å². The number of aromatic amines is 1. The van der Waals surface area contributed by atoms with Crippen LogP contribution in [0.2, 0.25) is 0 Å². The number of fused-ring (bicyclic) bond motifs is 1. The number of nitrogens with one attached hydrogen (secondary N) is 3. The molecule has 1 aliphatic rings. The number of hydrogen-bond donors (Lipinski definition) is 3. The number of carbonyl (C=O) groups is 2. The predicted octanol–water partition coefficient (Wildman–Crippen LogP) is 2.45. The molecule has 1 saturated heterocycles. The number of aromatic nitrogens is 4. The molecule has 198 valence electrons. The molecule has 11 heteroatoms. The Morgan fingerprint density at radius 3 is 2.68 bits per heavy atom. The van der Waals surface area contributed by atoms with Crippen LogP contribution in [0.5, 0.6) is 0 Å². The van der Waals surface area contributed by atoms with E-state index in [9.17, 15) is 18.8 Å². The van der Waals surface area contributed by atoms with Crippen molar-refractivity contribution in [2.45, 2.75) is 59.7 Å². The number of hydrogen-bond acceptors (Lipinski definition) is 6. The number of aryl methyl sites for hydroxylation is 1. The maximum atomic E-state index is 14.9. The van der Waals surface area contributed by atoms with Crippen molar-refractivity contribution in [2.75, 3.05) is 13.2 Å². The summed E-state index contributed by atoms with van der Waals surface area (Å²) in [5.74, 6) is -0.894. The van der Waals surface area contributed by atoms with Gasteiger partial charge in [0.05, 0.1) is 6.54 Å². The Morgan fingerprint density at radius 1 is 1.27 bits per heavy atom. The Morgan fingerprint density at radius 2 is 2.00 bits per heavy atom. The molecule has 0 aliphatic carbocycles. The Kier molecular flexibility index (Phi) is 7.72. The number of amides is 2. The first kappa shape index (κ1) is 26.5. The lowest BCUT2D eigenvalue weighted by molar-refractivity contribution is -0.125. The van der Waals surface area contributed by atoms with Gasteiger partial charge in [0.25, 0.3) is 11.5 Å². The summed E-state index contributed by atoms with van der Waals surface area (Å²) in [4.78, 5) is 45.1. The van der Waals surface area contributed by atoms with Gasteiger partial charge in [0.2, 0.25) is 5.91 Å². The van der Waals surface area contributed by atoms with E-state index in [0.29, 0.717) is 36.7 Å². The highest BCUT2D eigenvalue weighted by atomic mass is 19.1. The summed E-state index contributed by atoms with van der Waals surface area (Å²) < 4.78 is 21.8. The third-order valence-corrected chi connectivity index (χ3v) is 6.46. The molecule has 2 amide bonds. The number of ether oxygens (including phenoxy) is 1. The van der Waals surface area contributed by atoms with E-state index in [-0.39, 0.29) is 29.2 Å². The van der Waals surface area contributed by atoms with Crippen LogP contribution in [-0.2, 0) is 22.6 Å². The van der Waals surface area contributed by atoms with Gasteiger partial charge in [-0.05, 0) is 37.2 Å². The Bertz CT molecular complexity index is 1350. The summed E-state index contributed by atoms with van der Waals surface area (Å²) in [5.41, 5.74) is -0.102. The first-order chi connectivity index (χ1) is 17.5. The Balaban J connectivity index is 1.56. The average molecular weight is 513 g/mol. The van der Waals surface area contributed by atoms with E-state index >= 15 is 0 Å². The molecule has 10 nitrogen and oxygen atoms in total. The predicted molar refractivity (Wildman–Crippen MR) is 135 cm³/mol. The largest absolute Gasteiger partial charge is 0.381 e. The molecule has 1 atom stereocenters. The highest BCUT2D eigenvalue weighted by Gasteiger charge is 2.34. The summed E-state index contributed by atoms with van der Waals surface area (Å²) in [6.07, 6.45) is 1.68. The zero-order valence-electron chi connectivity index (χ0n) is 21.6. The lowest BCUT2D eigenvalue weighted by Crippen LogP contribution is -2.53. The molecule has 4 rings (SSSR count). The summed E-state index contributed by atoms with van der Waals surface area (Å²) in [6, 6.07) is 4.98. The fourth-order valence-electron chi connectivity index (χ4n) is 4.54. The first-order valence-corrected chi connectivity index (χ1v) is 12.4. The molecule has 3 aromatic rings. The molecule has 0 radical (unpaired) electrons. The van der Waals surface area contributed by atoms with Crippen molar-refractivity contribution in [3.05, 3.63) is 57.6 Å². The highest BCUT2D eigenvalue weighted by molar-refractivity contribution is 6.06. The van der Waals surface area contributed by atoms with Crippen LogP contribution in [0.15, 0.2) is 29.1 Å². The molecule has 1 aliphatic heterocycles. The summed E-state index contributed by atoms with van der Waals surface area (Å²) in [5, 5.41) is 10.4. The molecule has 1 unspecified atom stereocenters. The quantitative estimate of drug-likeness (QED) is 0.446. The van der Waals surface area contributed by atoms with E-state index < -0.39 is 29.1 Å². The van der Waals surface area contributed by atoms with E-state index in [1.54, 1.807) is 23.7 Å². The SMILES string of the molecule is Cc1cc(=O)[nH]c(CNC(=O)C(NC(=O)c2nn(CC3CCOCC3)c3c(F)cccc23)C(C)(C)C)n1. The number of carbonyl (C=O) groups excluding carboxylic acids is 2. The maximum absolute atomic E-state index is 14.9. The molecular formula is C26H33FN6O4. The number of para-hydroxylation sites is 1. The smallest absolute Gasteiger partial charge is 0.273 e. The van der Waals surface area contributed by atoms with Crippen LogP contribution in [0, 0.1) is 24.1 Å². The minimum atomic E-state index is -0.930. The number of benzene rings is 1. The Labute approximate surface area is 214 Å². The van der Waals surface area contributed by atoms with Crippen molar-refractivity contribution in [1.29, 1.82) is 0 Å². The second-order valence-corrected chi connectivity index (χ2v) is 10.5. The van der Waals surface area contributed by atoms with Crippen molar-refractivity contribution in [3.8, 4) is 0 Å². The highest BCUT2D eigenvalue weighted by Crippen LogP contribution is 2.26. The lowest BCUT2D eigenvalue weighted by Gasteiger charge is -2.30. The van der Waals surface area contributed by atoms with Crippen LogP contribution in [0.4, 0.5) is 4.39 Å². The van der Waals surface area contributed by atoms with E-state index in [2.05, 4.69) is 25.7 Å². The molecule has 0 bridgehead atoms. The van der Waals surface area contributed by atoms with Gasteiger partial charge < -0.3 is 20.4 Å². The molecule has 3 N–H and O–H groups in total. The zero-order chi connectivity index (χ0) is 26.7. The molecular weight excluding hydrogens is 479 g/mol. The monoisotopic (exact) mass is 512 g/mol. The minimum Gasteiger partial charge on any atom is -0.381 e. The number of H-pyrrole nitrogens is 1. The maximum Gasteiger partial charge on any atom is 0.273 e. The van der Waals surface area contributed by atoms with Crippen LogP contribution in [0.1, 0.15) is 55.6 Å². The molecule has 1 aromatic carbocycles. The number of halogens is 1. The topological polar surface area (TPSA) is 131 Å². The second kappa shape index (κ2) is 10.8. The minimum absolute atomic E-state index is 0.00786. The van der Waals surface area contributed by atoms with Gasteiger partial charge in [0, 0.05) is 36.9 Å². The second-order valence-electron chi connectivity index (χ2n) is 10.5. The first-order valence-electron chi connectivity index (χ1n) is 12.4.